The van der Waals surface area contributed by atoms with Crippen LogP contribution in [0.5, 0.6) is 0 Å². The molecule has 0 radical (unpaired) electrons. The Morgan fingerprint density at radius 1 is 1.14 bits per heavy atom. The molecule has 0 bridgehead atoms. The standard InChI is InChI=1S/C15H18N4O3/c16-7-8-17-12-4-1-3-10-11(12)9-18(15(10)22)19-13(20)5-2-6-14(19)21/h1,3-4,17H,2,5-9,16H2. The molecule has 3 amide bonds. The van der Waals surface area contributed by atoms with Crippen LogP contribution in [0.2, 0.25) is 0 Å². The Kier molecular flexibility index (Phi) is 3.81. The number of carbonyl (C=O) groups is 3. The SMILES string of the molecule is NCCNc1cccc2c1CN(N1C(=O)CCCC1=O)C2=O. The molecular formula is C15H18N4O3. The van der Waals surface area contributed by atoms with Crippen molar-refractivity contribution in [1.82, 2.24) is 10.0 Å². The molecule has 1 saturated heterocycles. The van der Waals surface area contributed by atoms with Gasteiger partial charge in [0.1, 0.15) is 0 Å². The highest BCUT2D eigenvalue weighted by Crippen LogP contribution is 2.31. The van der Waals surface area contributed by atoms with Crippen LogP contribution in [0.25, 0.3) is 0 Å². The Hall–Kier alpha value is -2.41. The third-order valence-corrected chi connectivity index (χ3v) is 3.90. The van der Waals surface area contributed by atoms with E-state index in [1.165, 1.54) is 5.01 Å². The number of piperidine rings is 1. The predicted molar refractivity (Wildman–Crippen MR) is 79.6 cm³/mol. The van der Waals surface area contributed by atoms with Crippen LogP contribution in [0.1, 0.15) is 35.2 Å². The zero-order chi connectivity index (χ0) is 15.7. The summed E-state index contributed by atoms with van der Waals surface area (Å²) >= 11 is 0. The maximum absolute atomic E-state index is 12.5. The Balaban J connectivity index is 1.90. The van der Waals surface area contributed by atoms with E-state index in [1.54, 1.807) is 12.1 Å². The van der Waals surface area contributed by atoms with E-state index in [2.05, 4.69) is 5.32 Å². The molecule has 1 aromatic carbocycles. The fourth-order valence-electron chi connectivity index (χ4n) is 2.86. The van der Waals surface area contributed by atoms with Crippen molar-refractivity contribution in [3.8, 4) is 0 Å². The summed E-state index contributed by atoms with van der Waals surface area (Å²) < 4.78 is 0. The molecule has 0 saturated carbocycles. The highest BCUT2D eigenvalue weighted by molar-refractivity contribution is 6.05. The first-order valence-corrected chi connectivity index (χ1v) is 7.37. The van der Waals surface area contributed by atoms with E-state index in [0.717, 1.165) is 16.3 Å². The summed E-state index contributed by atoms with van der Waals surface area (Å²) in [5, 5.41) is 5.43. The van der Waals surface area contributed by atoms with E-state index in [4.69, 9.17) is 5.73 Å². The van der Waals surface area contributed by atoms with Gasteiger partial charge in [0.25, 0.3) is 5.91 Å². The van der Waals surface area contributed by atoms with Gasteiger partial charge >= 0.3 is 0 Å². The fraction of sp³-hybridized carbons (Fsp3) is 0.400. The fourth-order valence-corrected chi connectivity index (χ4v) is 2.86. The number of hydrazine groups is 1. The quantitative estimate of drug-likeness (QED) is 0.788. The van der Waals surface area contributed by atoms with Crippen LogP contribution in [0, 0.1) is 0 Å². The second-order valence-electron chi connectivity index (χ2n) is 5.36. The van der Waals surface area contributed by atoms with Gasteiger partial charge in [-0.05, 0) is 18.6 Å². The number of fused-ring (bicyclic) bond motifs is 1. The first kappa shape index (κ1) is 14.5. The summed E-state index contributed by atoms with van der Waals surface area (Å²) in [6.07, 6.45) is 1.14. The third kappa shape index (κ3) is 2.33. The minimum atomic E-state index is -0.311. The molecule has 0 atom stereocenters. The number of nitrogens with zero attached hydrogens (tertiary/aromatic N) is 2. The number of rotatable bonds is 4. The van der Waals surface area contributed by atoms with Crippen LogP contribution in [-0.4, -0.2) is 40.8 Å². The zero-order valence-corrected chi connectivity index (χ0v) is 12.2. The van der Waals surface area contributed by atoms with E-state index < -0.39 is 0 Å². The van der Waals surface area contributed by atoms with Crippen LogP contribution in [0.15, 0.2) is 18.2 Å². The van der Waals surface area contributed by atoms with Crippen LogP contribution in [0.4, 0.5) is 5.69 Å². The first-order valence-electron chi connectivity index (χ1n) is 7.37. The van der Waals surface area contributed by atoms with E-state index in [0.29, 0.717) is 37.9 Å². The van der Waals surface area contributed by atoms with E-state index in [9.17, 15) is 14.4 Å². The lowest BCUT2D eigenvalue weighted by molar-refractivity contribution is -0.163. The van der Waals surface area contributed by atoms with E-state index in [1.807, 2.05) is 6.07 Å². The van der Waals surface area contributed by atoms with Gasteiger partial charge in [0, 0.05) is 42.7 Å². The molecule has 1 fully saturated rings. The molecule has 0 aliphatic carbocycles. The molecule has 3 rings (SSSR count). The van der Waals surface area contributed by atoms with Crippen molar-refractivity contribution >= 4 is 23.4 Å². The van der Waals surface area contributed by atoms with Gasteiger partial charge in [-0.3, -0.25) is 14.4 Å². The molecule has 7 heteroatoms. The number of imide groups is 1. The Labute approximate surface area is 128 Å². The molecule has 2 aliphatic heterocycles. The van der Waals surface area contributed by atoms with Crippen LogP contribution in [0.3, 0.4) is 0 Å². The smallest absolute Gasteiger partial charge is 0.273 e. The van der Waals surface area contributed by atoms with Gasteiger partial charge in [0.15, 0.2) is 0 Å². The average molecular weight is 302 g/mol. The number of hydrogen-bond acceptors (Lipinski definition) is 5. The van der Waals surface area contributed by atoms with Gasteiger partial charge < -0.3 is 11.1 Å². The number of carbonyl (C=O) groups excluding carboxylic acids is 3. The molecule has 2 aliphatic rings. The third-order valence-electron chi connectivity index (χ3n) is 3.90. The minimum Gasteiger partial charge on any atom is -0.383 e. The molecule has 0 aromatic heterocycles. The molecule has 3 N–H and O–H groups in total. The van der Waals surface area contributed by atoms with Gasteiger partial charge in [-0.25, -0.2) is 5.01 Å². The number of benzene rings is 1. The topological polar surface area (TPSA) is 95.7 Å². The number of nitrogens with one attached hydrogen (secondary N) is 1. The van der Waals surface area contributed by atoms with Gasteiger partial charge in [0.05, 0.1) is 6.54 Å². The van der Waals surface area contributed by atoms with Gasteiger partial charge in [-0.2, -0.15) is 5.01 Å². The normalized spacial score (nSPS) is 18.0. The van der Waals surface area contributed by atoms with Crippen LogP contribution in [-0.2, 0) is 16.1 Å². The average Bonchev–Trinajstić information content (AvgIpc) is 2.83. The van der Waals surface area contributed by atoms with Crippen molar-refractivity contribution in [3.05, 3.63) is 29.3 Å². The summed E-state index contributed by atoms with van der Waals surface area (Å²) in [6, 6.07) is 5.36. The molecule has 1 aromatic rings. The monoisotopic (exact) mass is 302 g/mol. The molecule has 2 heterocycles. The Bertz CT molecular complexity index is 628. The van der Waals surface area contributed by atoms with Crippen molar-refractivity contribution in [2.45, 2.75) is 25.8 Å². The summed E-state index contributed by atoms with van der Waals surface area (Å²) in [4.78, 5) is 36.6. The molecule has 0 spiro atoms. The summed E-state index contributed by atoms with van der Waals surface area (Å²) in [5.41, 5.74) is 7.63. The zero-order valence-electron chi connectivity index (χ0n) is 12.2. The van der Waals surface area contributed by atoms with Gasteiger partial charge in [-0.15, -0.1) is 0 Å². The molecular weight excluding hydrogens is 284 g/mol. The number of amides is 3. The van der Waals surface area contributed by atoms with Crippen LogP contribution >= 0.6 is 0 Å². The molecule has 0 unspecified atom stereocenters. The lowest BCUT2D eigenvalue weighted by atomic mass is 10.1. The molecule has 7 nitrogen and oxygen atoms in total. The number of nitrogens with two attached hydrogens (primary N) is 1. The second kappa shape index (κ2) is 5.76. The van der Waals surface area contributed by atoms with Crippen LogP contribution < -0.4 is 11.1 Å². The molecule has 22 heavy (non-hydrogen) atoms. The lowest BCUT2D eigenvalue weighted by Gasteiger charge is -2.32. The maximum Gasteiger partial charge on any atom is 0.273 e. The van der Waals surface area contributed by atoms with Crippen molar-refractivity contribution in [2.24, 2.45) is 5.73 Å². The highest BCUT2D eigenvalue weighted by Gasteiger charge is 2.39. The summed E-state index contributed by atoms with van der Waals surface area (Å²) in [6.45, 7) is 1.29. The van der Waals surface area contributed by atoms with Crippen molar-refractivity contribution in [3.63, 3.8) is 0 Å². The van der Waals surface area contributed by atoms with Crippen molar-refractivity contribution in [2.75, 3.05) is 18.4 Å². The van der Waals surface area contributed by atoms with Gasteiger partial charge in [0.2, 0.25) is 11.8 Å². The number of hydrogen-bond donors (Lipinski definition) is 2. The van der Waals surface area contributed by atoms with E-state index in [-0.39, 0.29) is 24.3 Å². The van der Waals surface area contributed by atoms with Crippen molar-refractivity contribution < 1.29 is 14.4 Å². The van der Waals surface area contributed by atoms with E-state index >= 15 is 0 Å². The Morgan fingerprint density at radius 3 is 2.55 bits per heavy atom. The van der Waals surface area contributed by atoms with Gasteiger partial charge in [-0.1, -0.05) is 6.07 Å². The summed E-state index contributed by atoms with van der Waals surface area (Å²) in [7, 11) is 0. The predicted octanol–water partition coefficient (Wildman–Crippen LogP) is 0.467. The lowest BCUT2D eigenvalue weighted by Crippen LogP contribution is -2.52. The highest BCUT2D eigenvalue weighted by atomic mass is 16.2. The second-order valence-corrected chi connectivity index (χ2v) is 5.36. The van der Waals surface area contributed by atoms with Crippen molar-refractivity contribution in [1.29, 1.82) is 0 Å². The molecule has 116 valence electrons. The summed E-state index contributed by atoms with van der Waals surface area (Å²) in [5.74, 6) is -0.933. The largest absolute Gasteiger partial charge is 0.383 e. The maximum atomic E-state index is 12.5. The first-order chi connectivity index (χ1) is 10.6. The number of anilines is 1. The Morgan fingerprint density at radius 2 is 1.86 bits per heavy atom. The minimum absolute atomic E-state index is 0.222.